The second kappa shape index (κ2) is 6.60. The van der Waals surface area contributed by atoms with Crippen molar-refractivity contribution in [2.45, 2.75) is 76.3 Å². The van der Waals surface area contributed by atoms with Crippen molar-refractivity contribution in [3.8, 4) is 0 Å². The van der Waals surface area contributed by atoms with Gasteiger partial charge in [-0.2, -0.15) is 0 Å². The van der Waals surface area contributed by atoms with Gasteiger partial charge in [0.25, 0.3) is 0 Å². The standard InChI is InChI=1S/C20H26N4S/c1-3-9-15(10-4-1)21-20-23-18-14-8-7-13-17(18)22-19(23)24(25-20)16-11-5-2-6-12-16/h7-8,13-16H,1-6,9-12H2. The van der Waals surface area contributed by atoms with Crippen LogP contribution < -0.4 is 4.80 Å². The van der Waals surface area contributed by atoms with Crippen LogP contribution in [0.4, 0.5) is 0 Å². The molecule has 132 valence electrons. The molecule has 0 spiro atoms. The maximum Gasteiger partial charge on any atom is 0.227 e. The fraction of sp³-hybridized carbons (Fsp3) is 0.600. The predicted octanol–water partition coefficient (Wildman–Crippen LogP) is 5.09. The Morgan fingerprint density at radius 1 is 0.920 bits per heavy atom. The van der Waals surface area contributed by atoms with Crippen molar-refractivity contribution in [1.82, 2.24) is 13.3 Å². The Morgan fingerprint density at radius 3 is 2.44 bits per heavy atom. The Bertz CT molecular complexity index is 936. The van der Waals surface area contributed by atoms with Crippen LogP contribution in [0.1, 0.15) is 70.3 Å². The van der Waals surface area contributed by atoms with Crippen molar-refractivity contribution in [1.29, 1.82) is 0 Å². The molecule has 0 amide bonds. The number of rotatable bonds is 2. The molecular weight excluding hydrogens is 328 g/mol. The molecule has 0 N–H and O–H groups in total. The van der Waals surface area contributed by atoms with Crippen LogP contribution in [0.2, 0.25) is 0 Å². The first-order valence-electron chi connectivity index (χ1n) is 9.93. The first kappa shape index (κ1) is 15.6. The summed E-state index contributed by atoms with van der Waals surface area (Å²) in [5.74, 6) is 1.10. The topological polar surface area (TPSA) is 34.6 Å². The van der Waals surface area contributed by atoms with Crippen molar-refractivity contribution >= 4 is 28.3 Å². The van der Waals surface area contributed by atoms with Crippen LogP contribution >= 0.6 is 11.5 Å². The molecule has 0 radical (unpaired) electrons. The van der Waals surface area contributed by atoms with Crippen molar-refractivity contribution in [2.24, 2.45) is 4.99 Å². The van der Waals surface area contributed by atoms with Crippen LogP contribution in [0, 0.1) is 0 Å². The fourth-order valence-corrected chi connectivity index (χ4v) is 5.72. The molecule has 2 aliphatic rings. The summed E-state index contributed by atoms with van der Waals surface area (Å²) in [5, 5.41) is 0. The average Bonchev–Trinajstić information content (AvgIpc) is 3.21. The molecule has 25 heavy (non-hydrogen) atoms. The Morgan fingerprint density at radius 2 is 1.64 bits per heavy atom. The summed E-state index contributed by atoms with van der Waals surface area (Å²) in [7, 11) is 0. The lowest BCUT2D eigenvalue weighted by molar-refractivity contribution is 0.374. The Hall–Kier alpha value is -1.62. The third-order valence-electron chi connectivity index (χ3n) is 5.89. The molecule has 2 aliphatic carbocycles. The summed E-state index contributed by atoms with van der Waals surface area (Å²) in [6, 6.07) is 9.62. The summed E-state index contributed by atoms with van der Waals surface area (Å²) in [6.45, 7) is 0. The van der Waals surface area contributed by atoms with E-state index < -0.39 is 0 Å². The zero-order chi connectivity index (χ0) is 16.6. The number of aromatic nitrogens is 3. The number of imidazole rings is 1. The lowest BCUT2D eigenvalue weighted by Crippen LogP contribution is -2.16. The minimum absolute atomic E-state index is 0.497. The van der Waals surface area contributed by atoms with Gasteiger partial charge in [-0.25, -0.2) is 4.98 Å². The molecule has 1 aromatic carbocycles. The quantitative estimate of drug-likeness (QED) is 0.631. The molecule has 0 unspecified atom stereocenters. The molecule has 5 heteroatoms. The Balaban J connectivity index is 1.70. The molecular formula is C20H26N4S. The highest BCUT2D eigenvalue weighted by atomic mass is 32.1. The number of nitrogens with zero attached hydrogens (tertiary/aromatic N) is 4. The van der Waals surface area contributed by atoms with Gasteiger partial charge in [-0.1, -0.05) is 50.7 Å². The third-order valence-corrected chi connectivity index (χ3v) is 6.99. The highest BCUT2D eigenvalue weighted by Gasteiger charge is 2.22. The van der Waals surface area contributed by atoms with E-state index in [-0.39, 0.29) is 0 Å². The van der Waals surface area contributed by atoms with Gasteiger partial charge < -0.3 is 0 Å². The van der Waals surface area contributed by atoms with Gasteiger partial charge in [-0.15, -0.1) is 0 Å². The smallest absolute Gasteiger partial charge is 0.227 e. The van der Waals surface area contributed by atoms with Gasteiger partial charge in [-0.3, -0.25) is 13.3 Å². The second-order valence-corrected chi connectivity index (χ2v) is 8.59. The molecule has 2 saturated carbocycles. The van der Waals surface area contributed by atoms with Crippen molar-refractivity contribution in [2.75, 3.05) is 0 Å². The van der Waals surface area contributed by atoms with E-state index >= 15 is 0 Å². The molecule has 0 saturated heterocycles. The zero-order valence-electron chi connectivity index (χ0n) is 14.7. The van der Waals surface area contributed by atoms with Crippen LogP contribution in [-0.4, -0.2) is 19.4 Å². The Kier molecular flexibility index (Phi) is 4.12. The molecule has 0 aliphatic heterocycles. The summed E-state index contributed by atoms with van der Waals surface area (Å²) >= 11 is 1.84. The van der Waals surface area contributed by atoms with E-state index in [0.29, 0.717) is 12.1 Å². The number of hydrogen-bond donors (Lipinski definition) is 0. The van der Waals surface area contributed by atoms with Crippen LogP contribution in [0.3, 0.4) is 0 Å². The normalized spacial score (nSPS) is 21.5. The average molecular weight is 355 g/mol. The van der Waals surface area contributed by atoms with Gasteiger partial charge >= 0.3 is 0 Å². The molecule has 0 atom stereocenters. The number of fused-ring (bicyclic) bond motifs is 3. The highest BCUT2D eigenvalue weighted by molar-refractivity contribution is 7.04. The van der Waals surface area contributed by atoms with Crippen molar-refractivity contribution < 1.29 is 0 Å². The van der Waals surface area contributed by atoms with Crippen LogP contribution in [0.15, 0.2) is 29.3 Å². The number of benzene rings is 1. The molecule has 2 aromatic heterocycles. The SMILES string of the molecule is c1ccc2c(c1)nc1n(C3CCCCC3)sc(=NC3CCCCC3)n21. The zero-order valence-corrected chi connectivity index (χ0v) is 15.5. The van der Waals surface area contributed by atoms with Gasteiger partial charge in [0.1, 0.15) is 0 Å². The number of hydrogen-bond acceptors (Lipinski definition) is 3. The molecule has 2 heterocycles. The van der Waals surface area contributed by atoms with Crippen LogP contribution in [0.5, 0.6) is 0 Å². The molecule has 0 bridgehead atoms. The van der Waals surface area contributed by atoms with E-state index in [1.165, 1.54) is 69.7 Å². The maximum absolute atomic E-state index is 5.20. The fourth-order valence-electron chi connectivity index (χ4n) is 4.52. The van der Waals surface area contributed by atoms with Crippen molar-refractivity contribution in [3.63, 3.8) is 0 Å². The van der Waals surface area contributed by atoms with Crippen molar-refractivity contribution in [3.05, 3.63) is 29.1 Å². The summed E-state index contributed by atoms with van der Waals surface area (Å²) in [6.07, 6.45) is 13.2. The van der Waals surface area contributed by atoms with Crippen LogP contribution in [0.25, 0.3) is 16.8 Å². The van der Waals surface area contributed by atoms with E-state index in [1.807, 2.05) is 11.5 Å². The second-order valence-electron chi connectivity index (χ2n) is 7.65. The molecule has 4 nitrogen and oxygen atoms in total. The van der Waals surface area contributed by atoms with Crippen LogP contribution in [-0.2, 0) is 0 Å². The minimum atomic E-state index is 0.497. The molecule has 3 aromatic rings. The summed E-state index contributed by atoms with van der Waals surface area (Å²) in [4.78, 5) is 11.3. The first-order chi connectivity index (χ1) is 12.4. The monoisotopic (exact) mass is 354 g/mol. The highest BCUT2D eigenvalue weighted by Crippen LogP contribution is 2.31. The largest absolute Gasteiger partial charge is 0.261 e. The summed E-state index contributed by atoms with van der Waals surface area (Å²) in [5.41, 5.74) is 2.30. The van der Waals surface area contributed by atoms with E-state index in [2.05, 4.69) is 32.6 Å². The van der Waals surface area contributed by atoms with Gasteiger partial charge in [-0.05, 0) is 49.3 Å². The van der Waals surface area contributed by atoms with E-state index in [0.717, 1.165) is 16.1 Å². The van der Waals surface area contributed by atoms with Gasteiger partial charge in [0.15, 0.2) is 0 Å². The lowest BCUT2D eigenvalue weighted by atomic mass is 9.96. The maximum atomic E-state index is 5.20. The lowest BCUT2D eigenvalue weighted by Gasteiger charge is -2.21. The van der Waals surface area contributed by atoms with Gasteiger partial charge in [0, 0.05) is 6.04 Å². The molecule has 5 rings (SSSR count). The van der Waals surface area contributed by atoms with E-state index in [9.17, 15) is 0 Å². The molecule has 2 fully saturated rings. The predicted molar refractivity (Wildman–Crippen MR) is 103 cm³/mol. The van der Waals surface area contributed by atoms with Gasteiger partial charge in [0.05, 0.1) is 17.1 Å². The minimum Gasteiger partial charge on any atom is -0.261 e. The van der Waals surface area contributed by atoms with Gasteiger partial charge in [0.2, 0.25) is 10.6 Å². The number of para-hydroxylation sites is 2. The Labute approximate surface area is 152 Å². The van der Waals surface area contributed by atoms with E-state index in [1.54, 1.807) is 0 Å². The summed E-state index contributed by atoms with van der Waals surface area (Å²) < 4.78 is 4.80. The first-order valence-corrected chi connectivity index (χ1v) is 10.7. The van der Waals surface area contributed by atoms with E-state index in [4.69, 9.17) is 9.98 Å². The third kappa shape index (κ3) is 2.82.